The van der Waals surface area contributed by atoms with Gasteiger partial charge in [0.25, 0.3) is 0 Å². The second-order valence-electron chi connectivity index (χ2n) is 4.97. The molecule has 0 aliphatic carbocycles. The summed E-state index contributed by atoms with van der Waals surface area (Å²) in [5.74, 6) is 0.660. The van der Waals surface area contributed by atoms with Gasteiger partial charge < -0.3 is 10.1 Å². The molecule has 0 saturated carbocycles. The second kappa shape index (κ2) is 7.57. The van der Waals surface area contributed by atoms with Gasteiger partial charge in [-0.25, -0.2) is 4.39 Å². The molecule has 4 heteroatoms. The van der Waals surface area contributed by atoms with Crippen LogP contribution in [0.4, 0.5) is 4.39 Å². The molecule has 0 atom stereocenters. The van der Waals surface area contributed by atoms with Crippen LogP contribution in [0.2, 0.25) is 0 Å². The Hall–Kier alpha value is -1.39. The van der Waals surface area contributed by atoms with Gasteiger partial charge in [0, 0.05) is 6.54 Å². The highest BCUT2D eigenvalue weighted by molar-refractivity contribution is 9.10. The van der Waals surface area contributed by atoms with E-state index in [1.54, 1.807) is 13.2 Å². The maximum atomic E-state index is 13.0. The van der Waals surface area contributed by atoms with Gasteiger partial charge in [0.2, 0.25) is 0 Å². The molecule has 0 heterocycles. The van der Waals surface area contributed by atoms with Crippen molar-refractivity contribution in [3.63, 3.8) is 0 Å². The van der Waals surface area contributed by atoms with Crippen molar-refractivity contribution in [1.29, 1.82) is 0 Å². The quantitative estimate of drug-likeness (QED) is 0.786. The van der Waals surface area contributed by atoms with Gasteiger partial charge in [0.05, 0.1) is 11.6 Å². The van der Waals surface area contributed by atoms with Crippen LogP contribution in [-0.2, 0) is 13.0 Å². The average molecular weight is 352 g/mol. The van der Waals surface area contributed by atoms with E-state index >= 15 is 0 Å². The standard InChI is InChI=1S/C17H19BrFNO/c1-12-9-15(19)5-4-14(12)7-8-20-11-13-3-6-17(21-2)16(18)10-13/h3-6,9-10,20H,7-8,11H2,1-2H3. The van der Waals surface area contributed by atoms with Crippen molar-refractivity contribution in [2.75, 3.05) is 13.7 Å². The predicted molar refractivity (Wildman–Crippen MR) is 87.2 cm³/mol. The van der Waals surface area contributed by atoms with Crippen molar-refractivity contribution < 1.29 is 9.13 Å². The van der Waals surface area contributed by atoms with Gasteiger partial charge >= 0.3 is 0 Å². The van der Waals surface area contributed by atoms with Crippen LogP contribution in [0.15, 0.2) is 40.9 Å². The minimum absolute atomic E-state index is 0.174. The van der Waals surface area contributed by atoms with Gasteiger partial charge in [0.15, 0.2) is 0 Å². The van der Waals surface area contributed by atoms with Crippen molar-refractivity contribution in [2.24, 2.45) is 0 Å². The zero-order valence-corrected chi connectivity index (χ0v) is 13.8. The molecule has 0 aliphatic heterocycles. The van der Waals surface area contributed by atoms with Gasteiger partial charge in [-0.15, -0.1) is 0 Å². The molecule has 2 aromatic carbocycles. The fourth-order valence-corrected chi connectivity index (χ4v) is 2.80. The molecule has 1 N–H and O–H groups in total. The largest absolute Gasteiger partial charge is 0.496 e. The molecule has 0 aliphatic rings. The van der Waals surface area contributed by atoms with Gasteiger partial charge in [-0.3, -0.25) is 0 Å². The van der Waals surface area contributed by atoms with Gasteiger partial charge in [-0.1, -0.05) is 12.1 Å². The number of hydrogen-bond donors (Lipinski definition) is 1. The lowest BCUT2D eigenvalue weighted by Gasteiger charge is -2.09. The topological polar surface area (TPSA) is 21.3 Å². The van der Waals surface area contributed by atoms with Crippen LogP contribution in [0.3, 0.4) is 0 Å². The highest BCUT2D eigenvalue weighted by atomic mass is 79.9. The molecule has 112 valence electrons. The number of halogens is 2. The fraction of sp³-hybridized carbons (Fsp3) is 0.294. The first-order valence-electron chi connectivity index (χ1n) is 6.88. The summed E-state index contributed by atoms with van der Waals surface area (Å²) >= 11 is 3.48. The lowest BCUT2D eigenvalue weighted by Crippen LogP contribution is -2.17. The third-order valence-electron chi connectivity index (χ3n) is 3.42. The molecule has 0 unspecified atom stereocenters. The smallest absolute Gasteiger partial charge is 0.133 e. The summed E-state index contributed by atoms with van der Waals surface area (Å²) in [5, 5.41) is 3.40. The van der Waals surface area contributed by atoms with Crippen LogP contribution in [-0.4, -0.2) is 13.7 Å². The Balaban J connectivity index is 1.83. The number of hydrogen-bond acceptors (Lipinski definition) is 2. The number of methoxy groups -OCH3 is 1. The molecule has 0 aromatic heterocycles. The first-order chi connectivity index (χ1) is 10.1. The van der Waals surface area contributed by atoms with E-state index in [2.05, 4.69) is 27.3 Å². The van der Waals surface area contributed by atoms with Crippen LogP contribution in [0.5, 0.6) is 5.75 Å². The summed E-state index contributed by atoms with van der Waals surface area (Å²) < 4.78 is 19.2. The van der Waals surface area contributed by atoms with E-state index in [9.17, 15) is 4.39 Å². The van der Waals surface area contributed by atoms with E-state index in [4.69, 9.17) is 4.74 Å². The summed E-state index contributed by atoms with van der Waals surface area (Å²) in [7, 11) is 1.66. The summed E-state index contributed by atoms with van der Waals surface area (Å²) in [5.41, 5.74) is 3.38. The van der Waals surface area contributed by atoms with E-state index in [1.807, 2.05) is 25.1 Å². The molecular weight excluding hydrogens is 333 g/mol. The summed E-state index contributed by atoms with van der Waals surface area (Å²) in [4.78, 5) is 0. The number of nitrogens with one attached hydrogen (secondary N) is 1. The van der Waals surface area contributed by atoms with Crippen molar-refractivity contribution >= 4 is 15.9 Å². The molecule has 2 rings (SSSR count). The normalized spacial score (nSPS) is 10.7. The van der Waals surface area contributed by atoms with Crippen LogP contribution in [0.1, 0.15) is 16.7 Å². The van der Waals surface area contributed by atoms with Crippen molar-refractivity contribution in [1.82, 2.24) is 5.32 Å². The summed E-state index contributed by atoms with van der Waals surface area (Å²) in [6.07, 6.45) is 0.892. The number of benzene rings is 2. The highest BCUT2D eigenvalue weighted by Gasteiger charge is 2.02. The first-order valence-corrected chi connectivity index (χ1v) is 7.67. The molecule has 0 radical (unpaired) electrons. The molecule has 21 heavy (non-hydrogen) atoms. The van der Waals surface area contributed by atoms with Crippen LogP contribution in [0.25, 0.3) is 0 Å². The SMILES string of the molecule is COc1ccc(CNCCc2ccc(F)cc2C)cc1Br. The number of ether oxygens (including phenoxy) is 1. The van der Waals surface area contributed by atoms with E-state index in [-0.39, 0.29) is 5.82 Å². The van der Waals surface area contributed by atoms with Crippen LogP contribution in [0, 0.1) is 12.7 Å². The lowest BCUT2D eigenvalue weighted by atomic mass is 10.1. The molecule has 2 aromatic rings. The Labute approximate surface area is 133 Å². The summed E-state index contributed by atoms with van der Waals surface area (Å²) in [6.45, 7) is 3.60. The average Bonchev–Trinajstić information content (AvgIpc) is 2.45. The molecule has 2 nitrogen and oxygen atoms in total. The van der Waals surface area contributed by atoms with Crippen LogP contribution >= 0.6 is 15.9 Å². The molecule has 0 fully saturated rings. The Kier molecular flexibility index (Phi) is 5.76. The highest BCUT2D eigenvalue weighted by Crippen LogP contribution is 2.25. The molecule has 0 bridgehead atoms. The van der Waals surface area contributed by atoms with E-state index < -0.39 is 0 Å². The third kappa shape index (κ3) is 4.55. The minimum atomic E-state index is -0.174. The van der Waals surface area contributed by atoms with E-state index in [0.29, 0.717) is 0 Å². The molecule has 0 spiro atoms. The Morgan fingerprint density at radius 2 is 2.00 bits per heavy atom. The third-order valence-corrected chi connectivity index (χ3v) is 4.04. The maximum absolute atomic E-state index is 13.0. The zero-order valence-electron chi connectivity index (χ0n) is 12.2. The first kappa shape index (κ1) is 16.0. The molecule has 0 saturated heterocycles. The summed E-state index contributed by atoms with van der Waals surface area (Å²) in [6, 6.07) is 11.0. The van der Waals surface area contributed by atoms with Crippen molar-refractivity contribution in [2.45, 2.75) is 19.9 Å². The zero-order chi connectivity index (χ0) is 15.2. The fourth-order valence-electron chi connectivity index (χ4n) is 2.22. The Bertz CT molecular complexity index is 616. The molecule has 0 amide bonds. The second-order valence-corrected chi connectivity index (χ2v) is 5.82. The number of aryl methyl sites for hydroxylation is 1. The lowest BCUT2D eigenvalue weighted by molar-refractivity contribution is 0.412. The predicted octanol–water partition coefficient (Wildman–Crippen LogP) is 4.24. The van der Waals surface area contributed by atoms with Gasteiger partial charge in [0.1, 0.15) is 11.6 Å². The number of rotatable bonds is 6. The van der Waals surface area contributed by atoms with Crippen molar-refractivity contribution in [3.8, 4) is 5.75 Å². The minimum Gasteiger partial charge on any atom is -0.496 e. The monoisotopic (exact) mass is 351 g/mol. The van der Waals surface area contributed by atoms with E-state index in [1.165, 1.54) is 17.2 Å². The van der Waals surface area contributed by atoms with Gasteiger partial charge in [-0.05, 0) is 76.8 Å². The molecular formula is C17H19BrFNO. The maximum Gasteiger partial charge on any atom is 0.133 e. The Morgan fingerprint density at radius 1 is 1.19 bits per heavy atom. The van der Waals surface area contributed by atoms with Crippen molar-refractivity contribution in [3.05, 3.63) is 63.4 Å². The Morgan fingerprint density at radius 3 is 2.67 bits per heavy atom. The van der Waals surface area contributed by atoms with Gasteiger partial charge in [-0.2, -0.15) is 0 Å². The van der Waals surface area contributed by atoms with E-state index in [0.717, 1.165) is 35.3 Å². The van der Waals surface area contributed by atoms with Crippen LogP contribution < -0.4 is 10.1 Å².